The van der Waals surface area contributed by atoms with Gasteiger partial charge >= 0.3 is 5.97 Å². The van der Waals surface area contributed by atoms with E-state index in [9.17, 15) is 9.59 Å². The second-order valence-electron chi connectivity index (χ2n) is 7.77. The monoisotopic (exact) mass is 421 g/mol. The Balaban J connectivity index is 1.14. The minimum atomic E-state index is -0.309. The van der Waals surface area contributed by atoms with Gasteiger partial charge in [-0.3, -0.25) is 9.59 Å². The molecule has 0 unspecified atom stereocenters. The number of hydrogen-bond donors (Lipinski definition) is 1. The lowest BCUT2D eigenvalue weighted by Crippen LogP contribution is -2.38. The van der Waals surface area contributed by atoms with Gasteiger partial charge in [0, 0.05) is 19.6 Å². The molecule has 1 fully saturated rings. The van der Waals surface area contributed by atoms with Gasteiger partial charge in [0.25, 0.3) is 11.9 Å². The number of carbonyl (C=O) groups excluding carboxylic acids is 2. The molecule has 3 aromatic rings. The average molecular weight is 421 g/mol. The first-order chi connectivity index (χ1) is 15.2. The zero-order valence-electron chi connectivity index (χ0n) is 17.5. The SMILES string of the molecule is O=C(COC(=O)C1CCN(c2nc3ccccc3o2)CC1)NCCCc1ccccc1. The molecule has 2 aromatic carbocycles. The maximum atomic E-state index is 12.3. The van der Waals surface area contributed by atoms with Crippen LogP contribution in [-0.4, -0.2) is 43.1 Å². The Morgan fingerprint density at radius 1 is 1.06 bits per heavy atom. The van der Waals surface area contributed by atoms with Crippen LogP contribution >= 0.6 is 0 Å². The summed E-state index contributed by atoms with van der Waals surface area (Å²) in [4.78, 5) is 30.8. The van der Waals surface area contributed by atoms with Crippen LogP contribution in [0.2, 0.25) is 0 Å². The Morgan fingerprint density at radius 3 is 2.58 bits per heavy atom. The number of aryl methyl sites for hydroxylation is 1. The highest BCUT2D eigenvalue weighted by Crippen LogP contribution is 2.26. The van der Waals surface area contributed by atoms with E-state index in [4.69, 9.17) is 9.15 Å². The topological polar surface area (TPSA) is 84.7 Å². The number of nitrogens with one attached hydrogen (secondary N) is 1. The van der Waals surface area contributed by atoms with E-state index in [1.807, 2.05) is 47.4 Å². The van der Waals surface area contributed by atoms with E-state index in [-0.39, 0.29) is 24.4 Å². The molecule has 7 heteroatoms. The van der Waals surface area contributed by atoms with E-state index in [1.54, 1.807) is 0 Å². The third kappa shape index (κ3) is 5.63. The smallest absolute Gasteiger partial charge is 0.309 e. The molecule has 2 heterocycles. The number of aromatic nitrogens is 1. The first kappa shape index (κ1) is 20.9. The number of fused-ring (bicyclic) bond motifs is 1. The molecule has 1 amide bonds. The van der Waals surface area contributed by atoms with E-state index < -0.39 is 0 Å². The quantitative estimate of drug-likeness (QED) is 0.444. The number of ether oxygens (including phenoxy) is 1. The van der Waals surface area contributed by atoms with Gasteiger partial charge in [0.1, 0.15) is 5.52 Å². The van der Waals surface area contributed by atoms with Crippen molar-refractivity contribution in [1.82, 2.24) is 10.3 Å². The summed E-state index contributed by atoms with van der Waals surface area (Å²) in [5, 5.41) is 2.81. The number of esters is 1. The van der Waals surface area contributed by atoms with Gasteiger partial charge in [-0.2, -0.15) is 4.98 Å². The van der Waals surface area contributed by atoms with Gasteiger partial charge in [0.2, 0.25) is 0 Å². The number of benzene rings is 2. The van der Waals surface area contributed by atoms with Crippen LogP contribution in [0.4, 0.5) is 6.01 Å². The molecule has 0 atom stereocenters. The Labute approximate surface area is 181 Å². The first-order valence-corrected chi connectivity index (χ1v) is 10.8. The molecule has 1 saturated heterocycles. The molecule has 1 aromatic heterocycles. The van der Waals surface area contributed by atoms with Crippen LogP contribution in [0.25, 0.3) is 11.1 Å². The number of oxazole rings is 1. The standard InChI is InChI=1S/C24H27N3O4/c28-22(25-14-6-9-18-7-2-1-3-8-18)17-30-23(29)19-12-15-27(16-13-19)24-26-20-10-4-5-11-21(20)31-24/h1-5,7-8,10-11,19H,6,9,12-17H2,(H,25,28). The fourth-order valence-corrected chi connectivity index (χ4v) is 3.77. The molecule has 0 radical (unpaired) electrons. The number of hydrogen-bond acceptors (Lipinski definition) is 6. The lowest BCUT2D eigenvalue weighted by Gasteiger charge is -2.29. The van der Waals surface area contributed by atoms with Crippen LogP contribution in [0.1, 0.15) is 24.8 Å². The average Bonchev–Trinajstić information content (AvgIpc) is 3.25. The fraction of sp³-hybridized carbons (Fsp3) is 0.375. The van der Waals surface area contributed by atoms with E-state index in [0.717, 1.165) is 23.9 Å². The van der Waals surface area contributed by atoms with Crippen molar-refractivity contribution in [3.05, 3.63) is 60.2 Å². The minimum absolute atomic E-state index is 0.202. The summed E-state index contributed by atoms with van der Waals surface area (Å²) in [6, 6.07) is 18.4. The van der Waals surface area contributed by atoms with Crippen molar-refractivity contribution in [2.75, 3.05) is 31.1 Å². The number of para-hydroxylation sites is 2. The van der Waals surface area contributed by atoms with Crippen LogP contribution in [0.15, 0.2) is 59.0 Å². The molecule has 31 heavy (non-hydrogen) atoms. The van der Waals surface area contributed by atoms with Crippen molar-refractivity contribution in [2.45, 2.75) is 25.7 Å². The Bertz CT molecular complexity index is 977. The summed E-state index contributed by atoms with van der Waals surface area (Å²) in [7, 11) is 0. The Hall–Kier alpha value is -3.35. The van der Waals surface area contributed by atoms with Crippen LogP contribution < -0.4 is 10.2 Å². The molecule has 7 nitrogen and oxygen atoms in total. The van der Waals surface area contributed by atoms with Gasteiger partial charge in [-0.15, -0.1) is 0 Å². The Kier molecular flexibility index (Phi) is 6.82. The van der Waals surface area contributed by atoms with Crippen LogP contribution in [0.3, 0.4) is 0 Å². The molecule has 0 saturated carbocycles. The molecular weight excluding hydrogens is 394 g/mol. The zero-order chi connectivity index (χ0) is 21.5. The predicted octanol–water partition coefficient (Wildman–Crippen LogP) is 3.34. The third-order valence-corrected chi connectivity index (χ3v) is 5.53. The number of nitrogens with zero attached hydrogens (tertiary/aromatic N) is 2. The highest BCUT2D eigenvalue weighted by Gasteiger charge is 2.28. The van der Waals surface area contributed by atoms with Gasteiger partial charge in [-0.1, -0.05) is 42.5 Å². The third-order valence-electron chi connectivity index (χ3n) is 5.53. The second-order valence-corrected chi connectivity index (χ2v) is 7.77. The highest BCUT2D eigenvalue weighted by molar-refractivity contribution is 5.81. The summed E-state index contributed by atoms with van der Waals surface area (Å²) in [6.07, 6.45) is 3.05. The van der Waals surface area contributed by atoms with Crippen molar-refractivity contribution < 1.29 is 18.7 Å². The molecule has 1 N–H and O–H groups in total. The molecule has 162 valence electrons. The van der Waals surface area contributed by atoms with E-state index >= 15 is 0 Å². The van der Waals surface area contributed by atoms with Crippen LogP contribution in [0.5, 0.6) is 0 Å². The van der Waals surface area contributed by atoms with Crippen molar-refractivity contribution in [3.63, 3.8) is 0 Å². The van der Waals surface area contributed by atoms with Crippen molar-refractivity contribution in [1.29, 1.82) is 0 Å². The molecule has 1 aliphatic heterocycles. The minimum Gasteiger partial charge on any atom is -0.455 e. The predicted molar refractivity (Wildman–Crippen MR) is 118 cm³/mol. The fourth-order valence-electron chi connectivity index (χ4n) is 3.77. The largest absolute Gasteiger partial charge is 0.455 e. The van der Waals surface area contributed by atoms with E-state index in [0.29, 0.717) is 38.5 Å². The van der Waals surface area contributed by atoms with Gasteiger partial charge in [-0.25, -0.2) is 0 Å². The van der Waals surface area contributed by atoms with E-state index in [2.05, 4.69) is 22.4 Å². The maximum absolute atomic E-state index is 12.3. The summed E-state index contributed by atoms with van der Waals surface area (Å²) in [5.74, 6) is -0.770. The number of anilines is 1. The first-order valence-electron chi connectivity index (χ1n) is 10.8. The molecular formula is C24H27N3O4. The molecule has 0 aliphatic carbocycles. The summed E-state index contributed by atoms with van der Waals surface area (Å²) in [6.45, 7) is 1.67. The number of rotatable bonds is 8. The van der Waals surface area contributed by atoms with Crippen molar-refractivity contribution in [2.24, 2.45) is 5.92 Å². The van der Waals surface area contributed by atoms with Gasteiger partial charge in [0.05, 0.1) is 5.92 Å². The van der Waals surface area contributed by atoms with Crippen LogP contribution in [0, 0.1) is 5.92 Å². The normalized spacial score (nSPS) is 14.5. The highest BCUT2D eigenvalue weighted by atomic mass is 16.5. The molecule has 0 spiro atoms. The van der Waals surface area contributed by atoms with Gasteiger partial charge in [-0.05, 0) is 43.4 Å². The summed E-state index contributed by atoms with van der Waals surface area (Å²) in [5.41, 5.74) is 2.83. The lowest BCUT2D eigenvalue weighted by molar-refractivity contribution is -0.153. The van der Waals surface area contributed by atoms with Crippen molar-refractivity contribution in [3.8, 4) is 0 Å². The van der Waals surface area contributed by atoms with Gasteiger partial charge < -0.3 is 19.4 Å². The second kappa shape index (κ2) is 10.1. The van der Waals surface area contributed by atoms with Gasteiger partial charge in [0.15, 0.2) is 12.2 Å². The summed E-state index contributed by atoms with van der Waals surface area (Å²) >= 11 is 0. The van der Waals surface area contributed by atoms with E-state index in [1.165, 1.54) is 5.56 Å². The zero-order valence-corrected chi connectivity index (χ0v) is 17.5. The molecule has 4 rings (SSSR count). The van der Waals surface area contributed by atoms with Crippen LogP contribution in [-0.2, 0) is 20.7 Å². The number of carbonyl (C=O) groups is 2. The molecule has 0 bridgehead atoms. The van der Waals surface area contributed by atoms with Crippen molar-refractivity contribution >= 4 is 29.0 Å². The number of amides is 1. The lowest BCUT2D eigenvalue weighted by atomic mass is 9.97. The number of piperidine rings is 1. The summed E-state index contributed by atoms with van der Waals surface area (Å²) < 4.78 is 11.0. The molecule has 1 aliphatic rings. The maximum Gasteiger partial charge on any atom is 0.309 e. The Morgan fingerprint density at radius 2 is 1.81 bits per heavy atom.